The molecule has 3 heterocycles. The zero-order valence-electron chi connectivity index (χ0n) is 18.7. The highest BCUT2D eigenvalue weighted by Crippen LogP contribution is 2.32. The van der Waals surface area contributed by atoms with Crippen LogP contribution in [0.1, 0.15) is 16.8 Å². The lowest BCUT2D eigenvalue weighted by Gasteiger charge is -2.34. The number of hydrogen-bond donors (Lipinski definition) is 1. The number of thiazole rings is 1. The van der Waals surface area contributed by atoms with E-state index in [-0.39, 0.29) is 25.0 Å². The molecule has 8 nitrogen and oxygen atoms in total. The first-order valence-electron chi connectivity index (χ1n) is 11.3. The summed E-state index contributed by atoms with van der Waals surface area (Å²) in [6, 6.07) is 15.6. The van der Waals surface area contributed by atoms with Crippen LogP contribution in [-0.4, -0.2) is 59.6 Å². The molecular weight excluding hydrogens is 452 g/mol. The van der Waals surface area contributed by atoms with Gasteiger partial charge >= 0.3 is 0 Å². The summed E-state index contributed by atoms with van der Waals surface area (Å²) < 4.78 is 10.8. The molecule has 2 aliphatic heterocycles. The molecule has 0 spiro atoms. The maximum atomic E-state index is 12.8. The van der Waals surface area contributed by atoms with Crippen molar-refractivity contribution in [2.75, 3.05) is 38.3 Å². The van der Waals surface area contributed by atoms with Crippen LogP contribution in [0.2, 0.25) is 0 Å². The lowest BCUT2D eigenvalue weighted by atomic mass is 10.1. The second-order valence-corrected chi connectivity index (χ2v) is 9.23. The monoisotopic (exact) mass is 478 g/mol. The summed E-state index contributed by atoms with van der Waals surface area (Å²) in [6.45, 7) is 4.11. The molecule has 5 rings (SSSR count). The molecule has 1 saturated heterocycles. The molecule has 1 aromatic heterocycles. The molecule has 34 heavy (non-hydrogen) atoms. The number of hydrogen-bond acceptors (Lipinski definition) is 7. The highest BCUT2D eigenvalue weighted by atomic mass is 32.1. The van der Waals surface area contributed by atoms with Gasteiger partial charge in [0.1, 0.15) is 0 Å². The van der Waals surface area contributed by atoms with Crippen LogP contribution in [0.15, 0.2) is 53.9 Å². The first-order chi connectivity index (χ1) is 16.6. The van der Waals surface area contributed by atoms with Gasteiger partial charge in [-0.25, -0.2) is 4.98 Å². The SMILES string of the molecule is O=C(Cc1ccccc1)Nc1nc(CC(=O)N2CCN(Cc3ccc4c(c3)OCO4)CC2)cs1. The third kappa shape index (κ3) is 5.55. The smallest absolute Gasteiger partial charge is 0.231 e. The van der Waals surface area contributed by atoms with E-state index in [0.29, 0.717) is 30.3 Å². The van der Waals surface area contributed by atoms with E-state index in [9.17, 15) is 9.59 Å². The van der Waals surface area contributed by atoms with Crippen molar-refractivity contribution in [1.29, 1.82) is 0 Å². The van der Waals surface area contributed by atoms with Gasteiger partial charge < -0.3 is 19.7 Å². The van der Waals surface area contributed by atoms with Gasteiger partial charge in [-0.05, 0) is 23.3 Å². The number of rotatable bonds is 7. The van der Waals surface area contributed by atoms with Crippen LogP contribution >= 0.6 is 11.3 Å². The summed E-state index contributed by atoms with van der Waals surface area (Å²) in [7, 11) is 0. The molecule has 2 aliphatic rings. The number of carbonyl (C=O) groups is 2. The molecule has 0 atom stereocenters. The Labute approximate surface area is 202 Å². The van der Waals surface area contributed by atoms with E-state index in [1.807, 2.05) is 52.7 Å². The Kier molecular flexibility index (Phi) is 6.73. The first-order valence-corrected chi connectivity index (χ1v) is 12.2. The fourth-order valence-corrected chi connectivity index (χ4v) is 4.84. The largest absolute Gasteiger partial charge is 0.454 e. The third-order valence-electron chi connectivity index (χ3n) is 5.91. The Morgan fingerprint density at radius 1 is 0.941 bits per heavy atom. The van der Waals surface area contributed by atoms with Crippen LogP contribution in [0.5, 0.6) is 11.5 Å². The maximum Gasteiger partial charge on any atom is 0.231 e. The number of piperazine rings is 1. The number of aromatic nitrogens is 1. The van der Waals surface area contributed by atoms with Crippen LogP contribution < -0.4 is 14.8 Å². The standard InChI is InChI=1S/C25H26N4O4S/c30-23(13-18-4-2-1-3-5-18)27-25-26-20(16-34-25)14-24(31)29-10-8-28(9-11-29)15-19-6-7-21-22(12-19)33-17-32-21/h1-7,12,16H,8-11,13-15,17H2,(H,26,27,30). The first kappa shape index (κ1) is 22.4. The molecule has 0 unspecified atom stereocenters. The summed E-state index contributed by atoms with van der Waals surface area (Å²) in [5.41, 5.74) is 2.81. The van der Waals surface area contributed by atoms with Crippen molar-refractivity contribution < 1.29 is 19.1 Å². The average Bonchev–Trinajstić information content (AvgIpc) is 3.49. The fraction of sp³-hybridized carbons (Fsp3) is 0.320. The van der Waals surface area contributed by atoms with Crippen molar-refractivity contribution in [2.45, 2.75) is 19.4 Å². The highest BCUT2D eigenvalue weighted by Gasteiger charge is 2.23. The quantitative estimate of drug-likeness (QED) is 0.562. The number of ether oxygens (including phenoxy) is 2. The molecule has 176 valence electrons. The van der Waals surface area contributed by atoms with Gasteiger partial charge in [0.2, 0.25) is 18.6 Å². The van der Waals surface area contributed by atoms with Gasteiger partial charge in [0.05, 0.1) is 18.5 Å². The summed E-state index contributed by atoms with van der Waals surface area (Å²) in [6.07, 6.45) is 0.540. The van der Waals surface area contributed by atoms with Crippen LogP contribution in [0.4, 0.5) is 5.13 Å². The molecule has 1 N–H and O–H groups in total. The van der Waals surface area contributed by atoms with Crippen LogP contribution in [0, 0.1) is 0 Å². The molecule has 1 fully saturated rings. The second-order valence-electron chi connectivity index (χ2n) is 8.38. The summed E-state index contributed by atoms with van der Waals surface area (Å²) in [5, 5.41) is 5.19. The summed E-state index contributed by atoms with van der Waals surface area (Å²) >= 11 is 1.35. The molecule has 3 aromatic rings. The van der Waals surface area contributed by atoms with Gasteiger partial charge in [-0.15, -0.1) is 11.3 Å². The number of nitrogens with zero attached hydrogens (tertiary/aromatic N) is 3. The number of fused-ring (bicyclic) bond motifs is 1. The Balaban J connectivity index is 1.07. The minimum absolute atomic E-state index is 0.0650. The number of amides is 2. The number of carbonyl (C=O) groups excluding carboxylic acids is 2. The predicted molar refractivity (Wildman–Crippen MR) is 129 cm³/mol. The molecular formula is C25H26N4O4S. The van der Waals surface area contributed by atoms with E-state index in [4.69, 9.17) is 9.47 Å². The summed E-state index contributed by atoms with van der Waals surface area (Å²) in [4.78, 5) is 33.7. The number of benzene rings is 2. The molecule has 0 bridgehead atoms. The van der Waals surface area contributed by atoms with E-state index in [0.717, 1.165) is 36.7 Å². The Hall–Kier alpha value is -3.43. The zero-order chi connectivity index (χ0) is 23.3. The fourth-order valence-electron chi connectivity index (χ4n) is 4.11. The van der Waals surface area contributed by atoms with E-state index in [1.54, 1.807) is 0 Å². The Bertz CT molecular complexity index is 1160. The average molecular weight is 479 g/mol. The van der Waals surface area contributed by atoms with Gasteiger partial charge in [-0.1, -0.05) is 36.4 Å². The van der Waals surface area contributed by atoms with Crippen LogP contribution in [-0.2, 0) is 29.0 Å². The predicted octanol–water partition coefficient (Wildman–Crippen LogP) is 2.94. The van der Waals surface area contributed by atoms with Gasteiger partial charge in [-0.2, -0.15) is 0 Å². The van der Waals surface area contributed by atoms with Gasteiger partial charge in [0.15, 0.2) is 16.6 Å². The van der Waals surface area contributed by atoms with E-state index >= 15 is 0 Å². The molecule has 0 radical (unpaired) electrons. The molecule has 2 amide bonds. The molecule has 9 heteroatoms. The number of anilines is 1. The maximum absolute atomic E-state index is 12.8. The van der Waals surface area contributed by atoms with Crippen molar-refractivity contribution in [1.82, 2.24) is 14.8 Å². The lowest BCUT2D eigenvalue weighted by Crippen LogP contribution is -2.48. The van der Waals surface area contributed by atoms with Crippen LogP contribution in [0.3, 0.4) is 0 Å². The highest BCUT2D eigenvalue weighted by molar-refractivity contribution is 7.13. The molecule has 2 aromatic carbocycles. The normalized spacial score (nSPS) is 15.4. The second kappa shape index (κ2) is 10.2. The summed E-state index contributed by atoms with van der Waals surface area (Å²) in [5.74, 6) is 1.54. The van der Waals surface area contributed by atoms with Gasteiger partial charge in [0.25, 0.3) is 0 Å². The van der Waals surface area contributed by atoms with E-state index in [1.165, 1.54) is 16.9 Å². The van der Waals surface area contributed by atoms with Crippen molar-refractivity contribution >= 4 is 28.3 Å². The van der Waals surface area contributed by atoms with Gasteiger partial charge in [0, 0.05) is 38.1 Å². The Morgan fingerprint density at radius 3 is 2.56 bits per heavy atom. The van der Waals surface area contributed by atoms with E-state index < -0.39 is 0 Å². The van der Waals surface area contributed by atoms with Gasteiger partial charge in [-0.3, -0.25) is 14.5 Å². The topological polar surface area (TPSA) is 84.0 Å². The van der Waals surface area contributed by atoms with Crippen LogP contribution in [0.25, 0.3) is 0 Å². The molecule has 0 aliphatic carbocycles. The van der Waals surface area contributed by atoms with Crippen molar-refractivity contribution in [3.63, 3.8) is 0 Å². The lowest BCUT2D eigenvalue weighted by molar-refractivity contribution is -0.132. The third-order valence-corrected chi connectivity index (χ3v) is 6.71. The minimum Gasteiger partial charge on any atom is -0.454 e. The van der Waals surface area contributed by atoms with Crippen molar-refractivity contribution in [2.24, 2.45) is 0 Å². The van der Waals surface area contributed by atoms with Crippen molar-refractivity contribution in [3.8, 4) is 11.5 Å². The van der Waals surface area contributed by atoms with Crippen molar-refractivity contribution in [3.05, 3.63) is 70.7 Å². The minimum atomic E-state index is -0.114. The Morgan fingerprint density at radius 2 is 1.74 bits per heavy atom. The molecule has 0 saturated carbocycles. The zero-order valence-corrected chi connectivity index (χ0v) is 19.6. The van der Waals surface area contributed by atoms with E-state index in [2.05, 4.69) is 21.3 Å². The number of nitrogens with one attached hydrogen (secondary N) is 1.